The fraction of sp³-hybridized carbons (Fsp3) is 0.560. The summed E-state index contributed by atoms with van der Waals surface area (Å²) in [6.45, 7) is 8.38. The van der Waals surface area contributed by atoms with Crippen LogP contribution in [0.25, 0.3) is 0 Å². The maximum atomic E-state index is 13.0. The van der Waals surface area contributed by atoms with E-state index < -0.39 is 0 Å². The molecule has 2 aliphatic heterocycles. The first-order valence-corrected chi connectivity index (χ1v) is 12.0. The van der Waals surface area contributed by atoms with Crippen molar-refractivity contribution in [1.82, 2.24) is 25.1 Å². The van der Waals surface area contributed by atoms with Crippen molar-refractivity contribution >= 4 is 5.91 Å². The fourth-order valence-corrected chi connectivity index (χ4v) is 4.62. The number of piperidine rings is 1. The van der Waals surface area contributed by atoms with Crippen LogP contribution in [0.2, 0.25) is 0 Å². The number of nitrogens with zero attached hydrogens (tertiary/aromatic N) is 4. The normalized spacial score (nSPS) is 22.1. The molecule has 2 aromatic rings. The number of carbonyl (C=O) groups is 1. The Morgan fingerprint density at radius 2 is 1.94 bits per heavy atom. The van der Waals surface area contributed by atoms with E-state index in [0.29, 0.717) is 13.2 Å². The zero-order chi connectivity index (χ0) is 22.7. The Hall–Kier alpha value is -2.55. The Balaban J connectivity index is 1.29. The van der Waals surface area contributed by atoms with Crippen LogP contribution in [0.1, 0.15) is 18.4 Å². The van der Waals surface area contributed by atoms with Crippen molar-refractivity contribution in [2.24, 2.45) is 11.8 Å². The summed E-state index contributed by atoms with van der Waals surface area (Å²) in [5.41, 5.74) is 1.21. The molecule has 178 valence electrons. The van der Waals surface area contributed by atoms with Crippen LogP contribution in [0, 0.1) is 11.8 Å². The smallest absolute Gasteiger partial charge is 0.224 e. The minimum Gasteiger partial charge on any atom is -0.492 e. The number of ether oxygens (including phenoxy) is 2. The highest BCUT2D eigenvalue weighted by molar-refractivity contribution is 5.79. The summed E-state index contributed by atoms with van der Waals surface area (Å²) in [4.78, 5) is 26.0. The molecule has 0 aliphatic carbocycles. The number of likely N-dealkylation sites (tertiary alicyclic amines) is 1. The van der Waals surface area contributed by atoms with Gasteiger partial charge in [0.25, 0.3) is 0 Å². The van der Waals surface area contributed by atoms with Crippen LogP contribution in [-0.2, 0) is 16.1 Å². The second kappa shape index (κ2) is 12.6. The number of hydrogen-bond donors (Lipinski definition) is 1. The molecule has 0 bridgehead atoms. The highest BCUT2D eigenvalue weighted by Crippen LogP contribution is 2.25. The van der Waals surface area contributed by atoms with Crippen molar-refractivity contribution in [3.8, 4) is 5.75 Å². The Morgan fingerprint density at radius 3 is 2.73 bits per heavy atom. The van der Waals surface area contributed by atoms with Gasteiger partial charge >= 0.3 is 0 Å². The molecule has 2 aliphatic rings. The molecule has 33 heavy (non-hydrogen) atoms. The van der Waals surface area contributed by atoms with Crippen LogP contribution in [0.3, 0.4) is 0 Å². The monoisotopic (exact) mass is 453 g/mol. The van der Waals surface area contributed by atoms with Crippen molar-refractivity contribution in [2.75, 3.05) is 59.1 Å². The lowest BCUT2D eigenvalue weighted by Gasteiger charge is -2.37. The minimum atomic E-state index is -0.0357. The van der Waals surface area contributed by atoms with Crippen molar-refractivity contribution in [3.63, 3.8) is 0 Å². The average Bonchev–Trinajstić information content (AvgIpc) is 2.87. The molecule has 0 unspecified atom stereocenters. The minimum absolute atomic E-state index is 0.0357. The van der Waals surface area contributed by atoms with Crippen LogP contribution < -0.4 is 10.1 Å². The van der Waals surface area contributed by atoms with Gasteiger partial charge in [0, 0.05) is 63.8 Å². The highest BCUT2D eigenvalue weighted by Gasteiger charge is 2.32. The van der Waals surface area contributed by atoms with E-state index in [1.165, 1.54) is 5.56 Å². The number of amides is 1. The van der Waals surface area contributed by atoms with Crippen LogP contribution in [0.4, 0.5) is 0 Å². The van der Waals surface area contributed by atoms with Gasteiger partial charge in [0.05, 0.1) is 31.9 Å². The number of carbonyl (C=O) groups excluding carboxylic acids is 1. The number of rotatable bonds is 10. The van der Waals surface area contributed by atoms with Crippen molar-refractivity contribution in [3.05, 3.63) is 54.6 Å². The van der Waals surface area contributed by atoms with Crippen LogP contribution in [-0.4, -0.2) is 84.8 Å². The predicted octanol–water partition coefficient (Wildman–Crippen LogP) is 1.83. The molecular weight excluding hydrogens is 418 g/mol. The summed E-state index contributed by atoms with van der Waals surface area (Å²) in [7, 11) is 0. The van der Waals surface area contributed by atoms with Gasteiger partial charge in [-0.1, -0.05) is 0 Å². The molecule has 1 N–H and O–H groups in total. The molecular formula is C25H35N5O3. The Kier molecular flexibility index (Phi) is 9.03. The van der Waals surface area contributed by atoms with E-state index >= 15 is 0 Å². The molecule has 0 radical (unpaired) electrons. The van der Waals surface area contributed by atoms with E-state index in [0.717, 1.165) is 71.1 Å². The van der Waals surface area contributed by atoms with Gasteiger partial charge in [0.2, 0.25) is 5.91 Å². The third-order valence-electron chi connectivity index (χ3n) is 6.31. The second-order valence-electron chi connectivity index (χ2n) is 8.95. The third kappa shape index (κ3) is 7.77. The molecule has 1 amide bonds. The number of aromatic nitrogens is 2. The Labute approximate surface area is 196 Å². The molecule has 0 spiro atoms. The van der Waals surface area contributed by atoms with Gasteiger partial charge < -0.3 is 14.8 Å². The van der Waals surface area contributed by atoms with E-state index in [9.17, 15) is 4.79 Å². The number of nitrogens with one attached hydrogen (secondary N) is 1. The van der Waals surface area contributed by atoms with E-state index in [-0.39, 0.29) is 17.7 Å². The number of pyridine rings is 2. The van der Waals surface area contributed by atoms with Crippen LogP contribution in [0.5, 0.6) is 5.75 Å². The van der Waals surface area contributed by atoms with Gasteiger partial charge in [0.15, 0.2) is 0 Å². The number of hydrogen-bond acceptors (Lipinski definition) is 7. The summed E-state index contributed by atoms with van der Waals surface area (Å²) in [6.07, 6.45) is 8.91. The molecule has 2 saturated heterocycles. The van der Waals surface area contributed by atoms with E-state index in [1.807, 2.05) is 36.7 Å². The average molecular weight is 454 g/mol. The molecule has 2 aromatic heterocycles. The van der Waals surface area contributed by atoms with Gasteiger partial charge in [0.1, 0.15) is 5.75 Å². The van der Waals surface area contributed by atoms with E-state index in [2.05, 4.69) is 25.1 Å². The standard InChI is InChI=1S/C25H35N5O3/c31-25(28-7-2-10-29-11-13-32-14-12-29)23-15-22(20-33-24-3-1-6-27-16-24)18-30(19-23)17-21-4-8-26-9-5-21/h1,3-6,8-9,16,22-23H,2,7,10-15,17-20H2,(H,28,31)/t22-,23+/m0/s1. The lowest BCUT2D eigenvalue weighted by molar-refractivity contribution is -0.127. The Morgan fingerprint density at radius 1 is 1.09 bits per heavy atom. The first-order valence-electron chi connectivity index (χ1n) is 12.0. The zero-order valence-electron chi connectivity index (χ0n) is 19.3. The lowest BCUT2D eigenvalue weighted by Crippen LogP contribution is -2.47. The largest absolute Gasteiger partial charge is 0.492 e. The maximum absolute atomic E-state index is 13.0. The molecule has 2 atom stereocenters. The highest BCUT2D eigenvalue weighted by atomic mass is 16.5. The second-order valence-corrected chi connectivity index (χ2v) is 8.95. The molecule has 8 heteroatoms. The van der Waals surface area contributed by atoms with Crippen molar-refractivity contribution in [1.29, 1.82) is 0 Å². The summed E-state index contributed by atoms with van der Waals surface area (Å²) < 4.78 is 11.4. The molecule has 8 nitrogen and oxygen atoms in total. The first kappa shape index (κ1) is 23.6. The van der Waals surface area contributed by atoms with Gasteiger partial charge in [-0.15, -0.1) is 0 Å². The summed E-state index contributed by atoms with van der Waals surface area (Å²) in [6, 6.07) is 7.87. The first-order chi connectivity index (χ1) is 16.3. The van der Waals surface area contributed by atoms with Crippen LogP contribution >= 0.6 is 0 Å². The van der Waals surface area contributed by atoms with Gasteiger partial charge in [-0.3, -0.25) is 24.6 Å². The van der Waals surface area contributed by atoms with Crippen molar-refractivity contribution < 1.29 is 14.3 Å². The third-order valence-corrected chi connectivity index (χ3v) is 6.31. The van der Waals surface area contributed by atoms with Gasteiger partial charge in [-0.25, -0.2) is 0 Å². The fourth-order valence-electron chi connectivity index (χ4n) is 4.62. The summed E-state index contributed by atoms with van der Waals surface area (Å²) in [5, 5.41) is 3.19. The number of morpholine rings is 1. The summed E-state index contributed by atoms with van der Waals surface area (Å²) in [5.74, 6) is 1.17. The van der Waals surface area contributed by atoms with E-state index in [1.54, 1.807) is 12.4 Å². The predicted molar refractivity (Wildman–Crippen MR) is 126 cm³/mol. The summed E-state index contributed by atoms with van der Waals surface area (Å²) >= 11 is 0. The molecule has 4 heterocycles. The molecule has 2 fully saturated rings. The molecule has 4 rings (SSSR count). The zero-order valence-corrected chi connectivity index (χ0v) is 19.3. The quantitative estimate of drug-likeness (QED) is 0.550. The van der Waals surface area contributed by atoms with E-state index in [4.69, 9.17) is 9.47 Å². The van der Waals surface area contributed by atoms with Crippen LogP contribution in [0.15, 0.2) is 49.1 Å². The topological polar surface area (TPSA) is 79.8 Å². The Bertz CT molecular complexity index is 832. The lowest BCUT2D eigenvalue weighted by atomic mass is 9.88. The molecule has 0 saturated carbocycles. The van der Waals surface area contributed by atoms with Gasteiger partial charge in [-0.2, -0.15) is 0 Å². The SMILES string of the molecule is O=C(NCCCN1CCOCC1)[C@@H]1C[C@H](COc2cccnc2)CN(Cc2ccncc2)C1. The van der Waals surface area contributed by atoms with Crippen molar-refractivity contribution in [2.45, 2.75) is 19.4 Å². The maximum Gasteiger partial charge on any atom is 0.224 e. The molecule has 0 aromatic carbocycles. The van der Waals surface area contributed by atoms with Gasteiger partial charge in [-0.05, 0) is 49.2 Å².